The van der Waals surface area contributed by atoms with Gasteiger partial charge in [-0.1, -0.05) is 6.07 Å². The molecule has 1 aliphatic heterocycles. The third-order valence-electron chi connectivity index (χ3n) is 4.66. The van der Waals surface area contributed by atoms with Gasteiger partial charge in [-0.3, -0.25) is 15.0 Å². The van der Waals surface area contributed by atoms with E-state index in [1.54, 1.807) is 12.1 Å². The fraction of sp³-hybridized carbons (Fsp3) is 0.300. The predicted octanol–water partition coefficient (Wildman–Crippen LogP) is 3.51. The molecule has 0 amide bonds. The van der Waals surface area contributed by atoms with Crippen LogP contribution in [-0.4, -0.2) is 33.2 Å². The number of H-pyrrole nitrogens is 1. The average Bonchev–Trinajstić information content (AvgIpc) is 3.31. The molecule has 1 aliphatic rings. The fourth-order valence-corrected chi connectivity index (χ4v) is 3.29. The van der Waals surface area contributed by atoms with Crippen molar-refractivity contribution in [3.63, 3.8) is 0 Å². The number of rotatable bonds is 6. The van der Waals surface area contributed by atoms with Crippen LogP contribution in [0, 0.1) is 5.82 Å². The summed E-state index contributed by atoms with van der Waals surface area (Å²) in [6, 6.07) is 14.1. The minimum Gasteiger partial charge on any atom is -0.487 e. The number of nitrogens with zero attached hydrogens (tertiary/aromatic N) is 3. The second-order valence-corrected chi connectivity index (χ2v) is 6.60. The Bertz CT molecular complexity index is 835. The van der Waals surface area contributed by atoms with E-state index in [0.717, 1.165) is 43.1 Å². The van der Waals surface area contributed by atoms with Gasteiger partial charge in [0.1, 0.15) is 18.2 Å². The Kier molecular flexibility index (Phi) is 4.93. The summed E-state index contributed by atoms with van der Waals surface area (Å²) >= 11 is 0. The van der Waals surface area contributed by atoms with Gasteiger partial charge in [0, 0.05) is 25.2 Å². The van der Waals surface area contributed by atoms with E-state index >= 15 is 0 Å². The number of halogens is 1. The van der Waals surface area contributed by atoms with Crippen LogP contribution in [0.5, 0.6) is 5.75 Å². The maximum absolute atomic E-state index is 12.9. The van der Waals surface area contributed by atoms with Crippen molar-refractivity contribution in [1.29, 1.82) is 0 Å². The molecule has 6 heteroatoms. The normalized spacial score (nSPS) is 17.5. The van der Waals surface area contributed by atoms with Crippen LogP contribution < -0.4 is 4.74 Å². The maximum atomic E-state index is 12.9. The molecule has 3 heterocycles. The van der Waals surface area contributed by atoms with Crippen molar-refractivity contribution < 1.29 is 9.13 Å². The summed E-state index contributed by atoms with van der Waals surface area (Å²) in [5, 5.41) is 7.51. The molecule has 5 nitrogen and oxygen atoms in total. The number of aromatic amines is 1. The lowest BCUT2D eigenvalue weighted by atomic mass is 10.1. The van der Waals surface area contributed by atoms with E-state index in [9.17, 15) is 4.39 Å². The highest BCUT2D eigenvalue weighted by molar-refractivity contribution is 5.23. The second kappa shape index (κ2) is 7.66. The number of hydrogen-bond acceptors (Lipinski definition) is 4. The number of aromatic nitrogens is 3. The standard InChI is InChI=1S/C20H21FN4O/c21-16-4-6-19(7-5-16)26-14-18-11-20(24-23-18)15-8-10-25(12-15)13-17-3-1-2-9-22-17/h1-7,9,11,15H,8,10,12-14H2,(H,23,24)/t15-/m1/s1. The first-order valence-corrected chi connectivity index (χ1v) is 8.81. The van der Waals surface area contributed by atoms with E-state index in [1.165, 1.54) is 12.1 Å². The van der Waals surface area contributed by atoms with Gasteiger partial charge < -0.3 is 4.74 Å². The monoisotopic (exact) mass is 352 g/mol. The molecule has 1 atom stereocenters. The van der Waals surface area contributed by atoms with Crippen LogP contribution in [0.4, 0.5) is 4.39 Å². The van der Waals surface area contributed by atoms with Crippen LogP contribution in [0.25, 0.3) is 0 Å². The van der Waals surface area contributed by atoms with Crippen LogP contribution in [0.2, 0.25) is 0 Å². The van der Waals surface area contributed by atoms with Crippen LogP contribution in [0.15, 0.2) is 54.7 Å². The Labute approximate surface area is 151 Å². The molecule has 0 saturated carbocycles. The zero-order valence-corrected chi connectivity index (χ0v) is 14.4. The van der Waals surface area contributed by atoms with Gasteiger partial charge in [-0.15, -0.1) is 0 Å². The summed E-state index contributed by atoms with van der Waals surface area (Å²) in [5.74, 6) is 0.803. The van der Waals surface area contributed by atoms with Gasteiger partial charge in [0.05, 0.1) is 17.1 Å². The molecule has 0 aliphatic carbocycles. The van der Waals surface area contributed by atoms with Crippen molar-refractivity contribution in [2.45, 2.75) is 25.5 Å². The molecular formula is C20H21FN4O. The number of hydrogen-bond donors (Lipinski definition) is 1. The largest absolute Gasteiger partial charge is 0.487 e. The number of nitrogens with one attached hydrogen (secondary N) is 1. The summed E-state index contributed by atoms with van der Waals surface area (Å²) < 4.78 is 18.6. The minimum atomic E-state index is -0.266. The lowest BCUT2D eigenvalue weighted by molar-refractivity contribution is 0.300. The quantitative estimate of drug-likeness (QED) is 0.738. The highest BCUT2D eigenvalue weighted by Crippen LogP contribution is 2.27. The van der Waals surface area contributed by atoms with E-state index < -0.39 is 0 Å². The summed E-state index contributed by atoms with van der Waals surface area (Å²) in [6.45, 7) is 3.31. The van der Waals surface area contributed by atoms with Gasteiger partial charge in [0.25, 0.3) is 0 Å². The SMILES string of the molecule is Fc1ccc(OCc2cc([C@@H]3CCN(Cc4ccccn4)C3)n[nH]2)cc1. The Morgan fingerprint density at radius 1 is 1.19 bits per heavy atom. The van der Waals surface area contributed by atoms with Crippen LogP contribution in [0.3, 0.4) is 0 Å². The lowest BCUT2D eigenvalue weighted by Gasteiger charge is -2.14. The van der Waals surface area contributed by atoms with Gasteiger partial charge in [0.15, 0.2) is 0 Å². The molecular weight excluding hydrogens is 331 g/mol. The van der Waals surface area contributed by atoms with E-state index in [-0.39, 0.29) is 5.82 Å². The maximum Gasteiger partial charge on any atom is 0.130 e. The topological polar surface area (TPSA) is 54.0 Å². The molecule has 3 aromatic rings. The molecule has 1 aromatic carbocycles. The molecule has 134 valence electrons. The minimum absolute atomic E-state index is 0.266. The third kappa shape index (κ3) is 4.08. The third-order valence-corrected chi connectivity index (χ3v) is 4.66. The molecule has 1 fully saturated rings. The molecule has 1 saturated heterocycles. The molecule has 2 aromatic heterocycles. The van der Waals surface area contributed by atoms with Crippen molar-refractivity contribution >= 4 is 0 Å². The van der Waals surface area contributed by atoms with Gasteiger partial charge in [-0.05, 0) is 55.4 Å². The van der Waals surface area contributed by atoms with Gasteiger partial charge in [-0.25, -0.2) is 4.39 Å². The molecule has 0 bridgehead atoms. The van der Waals surface area contributed by atoms with Gasteiger partial charge in [-0.2, -0.15) is 5.10 Å². The first-order valence-electron chi connectivity index (χ1n) is 8.81. The zero-order valence-electron chi connectivity index (χ0n) is 14.4. The first kappa shape index (κ1) is 16.7. The van der Waals surface area contributed by atoms with E-state index in [4.69, 9.17) is 4.74 Å². The summed E-state index contributed by atoms with van der Waals surface area (Å²) in [5.41, 5.74) is 3.10. The van der Waals surface area contributed by atoms with E-state index in [0.29, 0.717) is 18.3 Å². The lowest BCUT2D eigenvalue weighted by Crippen LogP contribution is -2.20. The molecule has 4 rings (SSSR count). The average molecular weight is 352 g/mol. The van der Waals surface area contributed by atoms with Crippen molar-refractivity contribution in [2.75, 3.05) is 13.1 Å². The Hall–Kier alpha value is -2.73. The number of likely N-dealkylation sites (tertiary alicyclic amines) is 1. The number of pyridine rings is 1. The van der Waals surface area contributed by atoms with Gasteiger partial charge >= 0.3 is 0 Å². The van der Waals surface area contributed by atoms with Crippen LogP contribution in [-0.2, 0) is 13.2 Å². The molecule has 0 radical (unpaired) electrons. The zero-order chi connectivity index (χ0) is 17.8. The summed E-state index contributed by atoms with van der Waals surface area (Å²) in [7, 11) is 0. The highest BCUT2D eigenvalue weighted by atomic mass is 19.1. The Morgan fingerprint density at radius 3 is 2.88 bits per heavy atom. The van der Waals surface area contributed by atoms with Crippen molar-refractivity contribution in [1.82, 2.24) is 20.1 Å². The second-order valence-electron chi connectivity index (χ2n) is 6.60. The smallest absolute Gasteiger partial charge is 0.130 e. The fourth-order valence-electron chi connectivity index (χ4n) is 3.29. The summed E-state index contributed by atoms with van der Waals surface area (Å²) in [6.07, 6.45) is 2.93. The highest BCUT2D eigenvalue weighted by Gasteiger charge is 2.26. The van der Waals surface area contributed by atoms with E-state index in [1.807, 2.05) is 18.3 Å². The van der Waals surface area contributed by atoms with Crippen LogP contribution >= 0.6 is 0 Å². The molecule has 0 spiro atoms. The number of benzene rings is 1. The molecule has 26 heavy (non-hydrogen) atoms. The van der Waals surface area contributed by atoms with Crippen molar-refractivity contribution in [2.24, 2.45) is 0 Å². The molecule has 0 unspecified atom stereocenters. The van der Waals surface area contributed by atoms with Crippen LogP contribution in [0.1, 0.15) is 29.4 Å². The first-order chi connectivity index (χ1) is 12.8. The van der Waals surface area contributed by atoms with Crippen molar-refractivity contribution in [3.05, 3.63) is 77.6 Å². The Morgan fingerprint density at radius 2 is 2.08 bits per heavy atom. The number of ether oxygens (including phenoxy) is 1. The predicted molar refractivity (Wildman–Crippen MR) is 96.2 cm³/mol. The Balaban J connectivity index is 1.31. The summed E-state index contributed by atoms with van der Waals surface area (Å²) in [4.78, 5) is 6.81. The van der Waals surface area contributed by atoms with Crippen molar-refractivity contribution in [3.8, 4) is 5.75 Å². The molecule has 1 N–H and O–H groups in total. The van der Waals surface area contributed by atoms with Gasteiger partial charge in [0.2, 0.25) is 0 Å². The van der Waals surface area contributed by atoms with E-state index in [2.05, 4.69) is 32.2 Å².